The Morgan fingerprint density at radius 2 is 1.62 bits per heavy atom. The van der Waals surface area contributed by atoms with Crippen LogP contribution in [0.25, 0.3) is 22.9 Å². The Labute approximate surface area is 187 Å². The summed E-state index contributed by atoms with van der Waals surface area (Å²) in [6.07, 6.45) is 0. The van der Waals surface area contributed by atoms with Gasteiger partial charge >= 0.3 is 0 Å². The van der Waals surface area contributed by atoms with Gasteiger partial charge in [-0.1, -0.05) is 51.1 Å². The van der Waals surface area contributed by atoms with E-state index in [4.69, 9.17) is 9.15 Å². The van der Waals surface area contributed by atoms with Crippen molar-refractivity contribution >= 4 is 11.6 Å². The number of hydrogen-bond donors (Lipinski definition) is 1. The molecule has 0 aliphatic rings. The zero-order chi connectivity index (χ0) is 22.7. The van der Waals surface area contributed by atoms with Crippen molar-refractivity contribution in [3.05, 3.63) is 83.9 Å². The fraction of sp³-hybridized carbons (Fsp3) is 0.192. The molecule has 1 N–H and O–H groups in total. The standard InChI is InChI=1S/C26H25N3O3/c1-26(2,3)19-14-12-17(13-15-19)24-28-29-25(32-24)21-10-5-6-11-22(21)27-23(30)18-8-7-9-20(16-18)31-4/h5-16H,1-4H3,(H,27,30). The molecule has 4 aromatic rings. The topological polar surface area (TPSA) is 77.2 Å². The minimum Gasteiger partial charge on any atom is -0.497 e. The first-order valence-electron chi connectivity index (χ1n) is 10.3. The molecule has 0 aliphatic carbocycles. The second-order valence-electron chi connectivity index (χ2n) is 8.47. The van der Waals surface area contributed by atoms with E-state index in [0.29, 0.717) is 34.3 Å². The van der Waals surface area contributed by atoms with Gasteiger partial charge in [0, 0.05) is 11.1 Å². The lowest BCUT2D eigenvalue weighted by Crippen LogP contribution is -2.12. The number of aromatic nitrogens is 2. The minimum absolute atomic E-state index is 0.0679. The van der Waals surface area contributed by atoms with E-state index >= 15 is 0 Å². The predicted octanol–water partition coefficient (Wildman–Crippen LogP) is 5.96. The quantitative estimate of drug-likeness (QED) is 0.425. The van der Waals surface area contributed by atoms with Crippen LogP contribution in [-0.2, 0) is 5.41 Å². The van der Waals surface area contributed by atoms with Crippen molar-refractivity contribution in [3.63, 3.8) is 0 Å². The van der Waals surface area contributed by atoms with E-state index in [1.165, 1.54) is 5.56 Å². The van der Waals surface area contributed by atoms with Gasteiger partial charge in [0.1, 0.15) is 5.75 Å². The van der Waals surface area contributed by atoms with Crippen molar-refractivity contribution in [1.29, 1.82) is 0 Å². The molecule has 0 saturated heterocycles. The average Bonchev–Trinajstić information content (AvgIpc) is 3.29. The van der Waals surface area contributed by atoms with E-state index in [0.717, 1.165) is 5.56 Å². The Hall–Kier alpha value is -3.93. The monoisotopic (exact) mass is 427 g/mol. The fourth-order valence-electron chi connectivity index (χ4n) is 3.30. The molecular weight excluding hydrogens is 402 g/mol. The van der Waals surface area contributed by atoms with Crippen molar-refractivity contribution in [1.82, 2.24) is 10.2 Å². The van der Waals surface area contributed by atoms with Gasteiger partial charge in [-0.15, -0.1) is 10.2 Å². The van der Waals surface area contributed by atoms with Gasteiger partial charge in [-0.25, -0.2) is 0 Å². The highest BCUT2D eigenvalue weighted by Gasteiger charge is 2.17. The third-order valence-electron chi connectivity index (χ3n) is 5.16. The highest BCUT2D eigenvalue weighted by molar-refractivity contribution is 6.06. The summed E-state index contributed by atoms with van der Waals surface area (Å²) in [6.45, 7) is 6.51. The summed E-state index contributed by atoms with van der Waals surface area (Å²) in [5, 5.41) is 11.4. The predicted molar refractivity (Wildman–Crippen MR) is 125 cm³/mol. The van der Waals surface area contributed by atoms with Crippen LogP contribution in [0.4, 0.5) is 5.69 Å². The Balaban J connectivity index is 1.59. The maximum atomic E-state index is 12.8. The molecule has 1 aromatic heterocycles. The van der Waals surface area contributed by atoms with Crippen LogP contribution < -0.4 is 10.1 Å². The van der Waals surface area contributed by atoms with Crippen LogP contribution in [0.15, 0.2) is 77.2 Å². The normalized spacial score (nSPS) is 11.2. The molecule has 0 saturated carbocycles. The number of anilines is 1. The lowest BCUT2D eigenvalue weighted by atomic mass is 9.87. The number of benzene rings is 3. The number of hydrogen-bond acceptors (Lipinski definition) is 5. The number of ether oxygens (including phenoxy) is 1. The fourth-order valence-corrected chi connectivity index (χ4v) is 3.30. The van der Waals surface area contributed by atoms with Crippen LogP contribution in [0.2, 0.25) is 0 Å². The molecule has 0 atom stereocenters. The van der Waals surface area contributed by atoms with Crippen LogP contribution in [0, 0.1) is 0 Å². The Morgan fingerprint density at radius 1 is 0.906 bits per heavy atom. The Bertz CT molecular complexity index is 1240. The molecule has 6 heteroatoms. The smallest absolute Gasteiger partial charge is 0.255 e. The van der Waals surface area contributed by atoms with Crippen molar-refractivity contribution < 1.29 is 13.9 Å². The number of amides is 1. The molecular formula is C26H25N3O3. The summed E-state index contributed by atoms with van der Waals surface area (Å²) in [6, 6.07) is 22.4. The summed E-state index contributed by atoms with van der Waals surface area (Å²) in [5.74, 6) is 1.12. The number of nitrogens with one attached hydrogen (secondary N) is 1. The Kier molecular flexibility index (Phi) is 5.77. The highest BCUT2D eigenvalue weighted by Crippen LogP contribution is 2.31. The van der Waals surface area contributed by atoms with Gasteiger partial charge < -0.3 is 14.5 Å². The van der Waals surface area contributed by atoms with Gasteiger partial charge in [0.2, 0.25) is 11.8 Å². The first-order valence-corrected chi connectivity index (χ1v) is 10.3. The van der Waals surface area contributed by atoms with Crippen LogP contribution in [0.5, 0.6) is 5.75 Å². The van der Waals surface area contributed by atoms with E-state index in [1.54, 1.807) is 37.4 Å². The summed E-state index contributed by atoms with van der Waals surface area (Å²) in [7, 11) is 1.57. The zero-order valence-electron chi connectivity index (χ0n) is 18.5. The molecule has 3 aromatic carbocycles. The number of rotatable bonds is 5. The second kappa shape index (κ2) is 8.67. The summed E-state index contributed by atoms with van der Waals surface area (Å²) >= 11 is 0. The third kappa shape index (κ3) is 4.54. The van der Waals surface area contributed by atoms with Crippen LogP contribution >= 0.6 is 0 Å². The summed E-state index contributed by atoms with van der Waals surface area (Å²) in [5.41, 5.74) is 3.86. The number of carbonyl (C=O) groups excluding carboxylic acids is 1. The second-order valence-corrected chi connectivity index (χ2v) is 8.47. The molecule has 1 amide bonds. The molecule has 0 unspecified atom stereocenters. The molecule has 0 fully saturated rings. The average molecular weight is 428 g/mol. The number of nitrogens with zero attached hydrogens (tertiary/aromatic N) is 2. The van der Waals surface area contributed by atoms with E-state index < -0.39 is 0 Å². The van der Waals surface area contributed by atoms with Crippen molar-refractivity contribution in [2.45, 2.75) is 26.2 Å². The number of para-hydroxylation sites is 1. The van der Waals surface area contributed by atoms with Gasteiger partial charge in [0.15, 0.2) is 0 Å². The Morgan fingerprint density at radius 3 is 2.34 bits per heavy atom. The first kappa shape index (κ1) is 21.3. The molecule has 6 nitrogen and oxygen atoms in total. The molecule has 32 heavy (non-hydrogen) atoms. The first-order chi connectivity index (χ1) is 15.3. The van der Waals surface area contributed by atoms with Gasteiger partial charge in [0.25, 0.3) is 5.91 Å². The zero-order valence-corrected chi connectivity index (χ0v) is 18.5. The molecule has 0 spiro atoms. The lowest BCUT2D eigenvalue weighted by molar-refractivity contribution is 0.102. The molecule has 162 valence electrons. The van der Waals surface area contributed by atoms with Crippen molar-refractivity contribution in [3.8, 4) is 28.7 Å². The SMILES string of the molecule is COc1cccc(C(=O)Nc2ccccc2-c2nnc(-c3ccc(C(C)(C)C)cc3)o2)c1. The van der Waals surface area contributed by atoms with Gasteiger partial charge in [-0.3, -0.25) is 4.79 Å². The maximum Gasteiger partial charge on any atom is 0.255 e. The van der Waals surface area contributed by atoms with Crippen LogP contribution in [-0.4, -0.2) is 23.2 Å². The summed E-state index contributed by atoms with van der Waals surface area (Å²) in [4.78, 5) is 12.8. The third-order valence-corrected chi connectivity index (χ3v) is 5.16. The van der Waals surface area contributed by atoms with Gasteiger partial charge in [-0.2, -0.15) is 0 Å². The van der Waals surface area contributed by atoms with Gasteiger partial charge in [0.05, 0.1) is 18.4 Å². The number of methoxy groups -OCH3 is 1. The lowest BCUT2D eigenvalue weighted by Gasteiger charge is -2.18. The van der Waals surface area contributed by atoms with E-state index in [-0.39, 0.29) is 11.3 Å². The molecule has 0 bridgehead atoms. The van der Waals surface area contributed by atoms with Crippen LogP contribution in [0.3, 0.4) is 0 Å². The largest absolute Gasteiger partial charge is 0.497 e. The molecule has 0 aliphatic heterocycles. The van der Waals surface area contributed by atoms with E-state index in [1.807, 2.05) is 30.3 Å². The van der Waals surface area contributed by atoms with Crippen molar-refractivity contribution in [2.24, 2.45) is 0 Å². The van der Waals surface area contributed by atoms with Gasteiger partial charge in [-0.05, 0) is 53.4 Å². The maximum absolute atomic E-state index is 12.8. The summed E-state index contributed by atoms with van der Waals surface area (Å²) < 4.78 is 11.2. The van der Waals surface area contributed by atoms with E-state index in [9.17, 15) is 4.79 Å². The van der Waals surface area contributed by atoms with E-state index in [2.05, 4.69) is 48.4 Å². The minimum atomic E-state index is -0.256. The van der Waals surface area contributed by atoms with Crippen LogP contribution in [0.1, 0.15) is 36.7 Å². The molecule has 0 radical (unpaired) electrons. The highest BCUT2D eigenvalue weighted by atomic mass is 16.5. The molecule has 4 rings (SSSR count). The van der Waals surface area contributed by atoms with Crippen molar-refractivity contribution in [2.75, 3.05) is 12.4 Å². The number of carbonyl (C=O) groups is 1. The molecule has 1 heterocycles.